The maximum absolute atomic E-state index is 4.34. The van der Waals surface area contributed by atoms with Crippen molar-refractivity contribution in [1.82, 2.24) is 9.78 Å². The molecule has 0 spiro atoms. The predicted molar refractivity (Wildman–Crippen MR) is 60.5 cm³/mol. The van der Waals surface area contributed by atoms with Crippen LogP contribution in [0, 0.1) is 6.92 Å². The van der Waals surface area contributed by atoms with Crippen molar-refractivity contribution in [3.05, 3.63) is 24.4 Å². The van der Waals surface area contributed by atoms with Crippen LogP contribution in [0.3, 0.4) is 0 Å². The Kier molecular flexibility index (Phi) is 3.74. The zero-order valence-electron chi connectivity index (χ0n) is 9.25. The van der Waals surface area contributed by atoms with Crippen molar-refractivity contribution in [1.29, 1.82) is 0 Å². The molecule has 0 aliphatic carbocycles. The van der Waals surface area contributed by atoms with Gasteiger partial charge in [0.15, 0.2) is 0 Å². The Hall–Kier alpha value is -1.25. The molecule has 0 bridgehead atoms. The topological polar surface area (TPSA) is 29.9 Å². The molecular weight excluding hydrogens is 174 g/mol. The largest absolute Gasteiger partial charge is 0.366 e. The van der Waals surface area contributed by atoms with Crippen molar-refractivity contribution in [3.8, 4) is 0 Å². The Morgan fingerprint density at radius 1 is 1.71 bits per heavy atom. The standard InChI is InChI=1S/C11H19N3/c1-5-6-7-9(2)12-11-8-10(3)14(4)13-11/h5,8-9H,1,6-7H2,2-4H3,(H,12,13). The van der Waals surface area contributed by atoms with E-state index in [2.05, 4.69) is 30.0 Å². The quantitative estimate of drug-likeness (QED) is 0.728. The number of anilines is 1. The summed E-state index contributed by atoms with van der Waals surface area (Å²) in [6, 6.07) is 2.51. The Balaban J connectivity index is 2.47. The van der Waals surface area contributed by atoms with Gasteiger partial charge in [-0.15, -0.1) is 6.58 Å². The molecule has 1 rings (SSSR count). The van der Waals surface area contributed by atoms with Gasteiger partial charge in [-0.25, -0.2) is 0 Å². The van der Waals surface area contributed by atoms with Gasteiger partial charge < -0.3 is 5.32 Å². The summed E-state index contributed by atoms with van der Waals surface area (Å²) in [5.74, 6) is 0.960. The van der Waals surface area contributed by atoms with E-state index < -0.39 is 0 Å². The van der Waals surface area contributed by atoms with Gasteiger partial charge in [0.25, 0.3) is 0 Å². The van der Waals surface area contributed by atoms with Crippen LogP contribution >= 0.6 is 0 Å². The summed E-state index contributed by atoms with van der Waals surface area (Å²) in [7, 11) is 1.95. The van der Waals surface area contributed by atoms with Gasteiger partial charge in [0.1, 0.15) is 5.82 Å². The number of aromatic nitrogens is 2. The van der Waals surface area contributed by atoms with Crippen molar-refractivity contribution in [2.45, 2.75) is 32.7 Å². The highest BCUT2D eigenvalue weighted by atomic mass is 15.3. The van der Waals surface area contributed by atoms with E-state index in [1.54, 1.807) is 0 Å². The van der Waals surface area contributed by atoms with Crippen molar-refractivity contribution in [2.75, 3.05) is 5.32 Å². The van der Waals surface area contributed by atoms with Crippen LogP contribution in [0.2, 0.25) is 0 Å². The first-order valence-electron chi connectivity index (χ1n) is 5.01. The van der Waals surface area contributed by atoms with E-state index in [0.29, 0.717) is 6.04 Å². The Morgan fingerprint density at radius 2 is 2.43 bits per heavy atom. The minimum Gasteiger partial charge on any atom is -0.366 e. The van der Waals surface area contributed by atoms with Crippen molar-refractivity contribution >= 4 is 5.82 Å². The smallest absolute Gasteiger partial charge is 0.148 e. The van der Waals surface area contributed by atoms with Crippen LogP contribution in [0.1, 0.15) is 25.5 Å². The molecule has 0 amide bonds. The first kappa shape index (κ1) is 10.8. The second-order valence-corrected chi connectivity index (χ2v) is 3.71. The zero-order valence-corrected chi connectivity index (χ0v) is 9.25. The van der Waals surface area contributed by atoms with Gasteiger partial charge in [-0.2, -0.15) is 5.10 Å². The number of allylic oxidation sites excluding steroid dienone is 1. The molecule has 1 aromatic rings. The SMILES string of the molecule is C=CCCC(C)Nc1cc(C)n(C)n1. The molecule has 0 saturated heterocycles. The van der Waals surface area contributed by atoms with Crippen molar-refractivity contribution in [3.63, 3.8) is 0 Å². The lowest BCUT2D eigenvalue weighted by molar-refractivity contribution is 0.700. The number of hydrogen-bond acceptors (Lipinski definition) is 2. The highest BCUT2D eigenvalue weighted by Crippen LogP contribution is 2.10. The summed E-state index contributed by atoms with van der Waals surface area (Å²) in [6.07, 6.45) is 4.08. The molecule has 78 valence electrons. The molecule has 0 aliphatic rings. The third-order valence-corrected chi connectivity index (χ3v) is 2.31. The van der Waals surface area contributed by atoms with E-state index in [0.717, 1.165) is 18.7 Å². The summed E-state index contributed by atoms with van der Waals surface area (Å²) in [4.78, 5) is 0. The number of nitrogens with one attached hydrogen (secondary N) is 1. The molecule has 3 heteroatoms. The van der Waals surface area contributed by atoms with E-state index in [9.17, 15) is 0 Å². The highest BCUT2D eigenvalue weighted by molar-refractivity contribution is 5.36. The summed E-state index contributed by atoms with van der Waals surface area (Å²) in [5, 5.41) is 7.70. The lowest BCUT2D eigenvalue weighted by atomic mass is 10.2. The van der Waals surface area contributed by atoms with E-state index in [4.69, 9.17) is 0 Å². The lowest BCUT2D eigenvalue weighted by Crippen LogP contribution is -2.15. The molecule has 0 radical (unpaired) electrons. The van der Waals surface area contributed by atoms with E-state index in [1.165, 1.54) is 5.69 Å². The summed E-state index contributed by atoms with van der Waals surface area (Å²) < 4.78 is 1.88. The molecule has 1 aromatic heterocycles. The molecule has 0 aromatic carbocycles. The minimum atomic E-state index is 0.447. The molecule has 0 saturated carbocycles. The first-order valence-corrected chi connectivity index (χ1v) is 5.01. The highest BCUT2D eigenvalue weighted by Gasteiger charge is 2.04. The van der Waals surface area contributed by atoms with Gasteiger partial charge in [-0.1, -0.05) is 6.08 Å². The molecule has 1 unspecified atom stereocenters. The monoisotopic (exact) mass is 193 g/mol. The van der Waals surface area contributed by atoms with Gasteiger partial charge in [0.2, 0.25) is 0 Å². The third kappa shape index (κ3) is 2.91. The maximum atomic E-state index is 4.34. The van der Waals surface area contributed by atoms with Crippen LogP contribution in [-0.4, -0.2) is 15.8 Å². The van der Waals surface area contributed by atoms with Gasteiger partial charge in [-0.3, -0.25) is 4.68 Å². The predicted octanol–water partition coefficient (Wildman–Crippen LogP) is 2.50. The van der Waals surface area contributed by atoms with E-state index in [-0.39, 0.29) is 0 Å². The average Bonchev–Trinajstić information content (AvgIpc) is 2.42. The molecule has 1 atom stereocenters. The van der Waals surface area contributed by atoms with Crippen LogP contribution in [0.5, 0.6) is 0 Å². The average molecular weight is 193 g/mol. The fourth-order valence-corrected chi connectivity index (χ4v) is 1.32. The zero-order chi connectivity index (χ0) is 10.6. The minimum absolute atomic E-state index is 0.447. The summed E-state index contributed by atoms with van der Waals surface area (Å²) in [5.41, 5.74) is 1.17. The Bertz CT molecular complexity index is 282. The van der Waals surface area contributed by atoms with Gasteiger partial charge in [-0.05, 0) is 26.7 Å². The molecule has 1 heterocycles. The number of hydrogen-bond donors (Lipinski definition) is 1. The Morgan fingerprint density at radius 3 is 2.93 bits per heavy atom. The number of nitrogens with zero attached hydrogens (tertiary/aromatic N) is 2. The fourth-order valence-electron chi connectivity index (χ4n) is 1.32. The Labute approximate surface area is 85.8 Å². The van der Waals surface area contributed by atoms with Crippen molar-refractivity contribution < 1.29 is 0 Å². The lowest BCUT2D eigenvalue weighted by Gasteiger charge is -2.11. The van der Waals surface area contributed by atoms with Gasteiger partial charge >= 0.3 is 0 Å². The summed E-state index contributed by atoms with van der Waals surface area (Å²) in [6.45, 7) is 7.92. The fraction of sp³-hybridized carbons (Fsp3) is 0.545. The molecular formula is C11H19N3. The van der Waals surface area contributed by atoms with Crippen LogP contribution in [0.25, 0.3) is 0 Å². The third-order valence-electron chi connectivity index (χ3n) is 2.31. The maximum Gasteiger partial charge on any atom is 0.148 e. The van der Waals surface area contributed by atoms with Crippen molar-refractivity contribution in [2.24, 2.45) is 7.05 Å². The van der Waals surface area contributed by atoms with Gasteiger partial charge in [0, 0.05) is 24.8 Å². The number of rotatable bonds is 5. The van der Waals surface area contributed by atoms with E-state index in [1.807, 2.05) is 24.7 Å². The van der Waals surface area contributed by atoms with Crippen LogP contribution in [-0.2, 0) is 7.05 Å². The number of aryl methyl sites for hydroxylation is 2. The normalized spacial score (nSPS) is 12.5. The second-order valence-electron chi connectivity index (χ2n) is 3.71. The van der Waals surface area contributed by atoms with E-state index >= 15 is 0 Å². The first-order chi connectivity index (χ1) is 6.63. The summed E-state index contributed by atoms with van der Waals surface area (Å²) >= 11 is 0. The molecule has 0 aliphatic heterocycles. The molecule has 1 N–H and O–H groups in total. The second kappa shape index (κ2) is 4.84. The van der Waals surface area contributed by atoms with Crippen LogP contribution < -0.4 is 5.32 Å². The van der Waals surface area contributed by atoms with Crippen LogP contribution in [0.15, 0.2) is 18.7 Å². The van der Waals surface area contributed by atoms with Gasteiger partial charge in [0.05, 0.1) is 0 Å². The molecule has 14 heavy (non-hydrogen) atoms. The molecule has 0 fully saturated rings. The van der Waals surface area contributed by atoms with Crippen LogP contribution in [0.4, 0.5) is 5.82 Å². The molecule has 3 nitrogen and oxygen atoms in total.